The summed E-state index contributed by atoms with van der Waals surface area (Å²) in [7, 11) is 0. The zero-order valence-electron chi connectivity index (χ0n) is 11.9. The van der Waals surface area contributed by atoms with Gasteiger partial charge in [0.1, 0.15) is 0 Å². The molecular formula is C15H21ClFNO3. The minimum Gasteiger partial charge on any atom is -0.490 e. The van der Waals surface area contributed by atoms with Gasteiger partial charge in [0.15, 0.2) is 11.6 Å². The predicted molar refractivity (Wildman–Crippen MR) is 80.7 cm³/mol. The van der Waals surface area contributed by atoms with E-state index in [0.717, 1.165) is 26.1 Å². The summed E-state index contributed by atoms with van der Waals surface area (Å²) in [5, 5.41) is 12.3. The summed E-state index contributed by atoms with van der Waals surface area (Å²) < 4.78 is 24.8. The van der Waals surface area contributed by atoms with Gasteiger partial charge < -0.3 is 19.9 Å². The maximum Gasteiger partial charge on any atom is 0.167 e. The molecular weight excluding hydrogens is 297 g/mol. The van der Waals surface area contributed by atoms with Crippen molar-refractivity contribution in [2.24, 2.45) is 5.92 Å². The van der Waals surface area contributed by atoms with Crippen LogP contribution < -0.4 is 10.1 Å². The number of halogens is 2. The van der Waals surface area contributed by atoms with Crippen molar-refractivity contribution < 1.29 is 19.0 Å². The highest BCUT2D eigenvalue weighted by Gasteiger charge is 2.15. The van der Waals surface area contributed by atoms with Gasteiger partial charge in [0.05, 0.1) is 18.6 Å². The Hall–Kier alpha value is -1.04. The van der Waals surface area contributed by atoms with E-state index in [-0.39, 0.29) is 18.2 Å². The Labute approximate surface area is 129 Å². The largest absolute Gasteiger partial charge is 0.490 e. The SMILES string of the molecule is OC(CCl)CNc1ccc(OCC2CCOCC2)c(F)c1. The molecule has 0 bridgehead atoms. The molecule has 1 atom stereocenters. The Balaban J connectivity index is 1.83. The van der Waals surface area contributed by atoms with E-state index in [1.165, 1.54) is 6.07 Å². The average Bonchev–Trinajstić information content (AvgIpc) is 2.52. The van der Waals surface area contributed by atoms with Crippen LogP contribution in [0.5, 0.6) is 5.75 Å². The second-order valence-electron chi connectivity index (χ2n) is 5.20. The molecule has 1 saturated heterocycles. The fraction of sp³-hybridized carbons (Fsp3) is 0.600. The van der Waals surface area contributed by atoms with Crippen LogP contribution in [0.3, 0.4) is 0 Å². The molecule has 21 heavy (non-hydrogen) atoms. The van der Waals surface area contributed by atoms with Crippen LogP contribution in [-0.2, 0) is 4.74 Å². The van der Waals surface area contributed by atoms with E-state index < -0.39 is 11.9 Å². The lowest BCUT2D eigenvalue weighted by Crippen LogP contribution is -2.22. The van der Waals surface area contributed by atoms with Crippen molar-refractivity contribution in [3.05, 3.63) is 24.0 Å². The molecule has 118 valence electrons. The molecule has 2 N–H and O–H groups in total. The number of ether oxygens (including phenoxy) is 2. The van der Waals surface area contributed by atoms with Crippen molar-refractivity contribution in [2.45, 2.75) is 18.9 Å². The van der Waals surface area contributed by atoms with Gasteiger partial charge in [-0.25, -0.2) is 4.39 Å². The van der Waals surface area contributed by atoms with E-state index in [0.29, 0.717) is 18.2 Å². The van der Waals surface area contributed by atoms with E-state index in [4.69, 9.17) is 21.1 Å². The molecule has 0 saturated carbocycles. The quantitative estimate of drug-likeness (QED) is 0.759. The Bertz CT molecular complexity index is 441. The molecule has 0 spiro atoms. The number of hydrogen-bond acceptors (Lipinski definition) is 4. The minimum atomic E-state index is -0.654. The molecule has 0 amide bonds. The predicted octanol–water partition coefficient (Wildman–Crippen LogP) is 2.64. The van der Waals surface area contributed by atoms with Crippen molar-refractivity contribution in [1.29, 1.82) is 0 Å². The van der Waals surface area contributed by atoms with Gasteiger partial charge in [-0.15, -0.1) is 11.6 Å². The zero-order valence-corrected chi connectivity index (χ0v) is 12.6. The molecule has 4 nitrogen and oxygen atoms in total. The lowest BCUT2D eigenvalue weighted by Gasteiger charge is -2.22. The number of aliphatic hydroxyl groups is 1. The maximum absolute atomic E-state index is 13.9. The van der Waals surface area contributed by atoms with Gasteiger partial charge in [-0.2, -0.15) is 0 Å². The minimum absolute atomic E-state index is 0.141. The number of alkyl halides is 1. The summed E-state index contributed by atoms with van der Waals surface area (Å²) in [5.41, 5.74) is 0.593. The van der Waals surface area contributed by atoms with Crippen LogP contribution in [0.4, 0.5) is 10.1 Å². The number of aliphatic hydroxyl groups excluding tert-OH is 1. The monoisotopic (exact) mass is 317 g/mol. The van der Waals surface area contributed by atoms with Gasteiger partial charge in [0.25, 0.3) is 0 Å². The fourth-order valence-corrected chi connectivity index (χ4v) is 2.25. The van der Waals surface area contributed by atoms with Crippen LogP contribution in [0, 0.1) is 11.7 Å². The second-order valence-corrected chi connectivity index (χ2v) is 5.51. The molecule has 6 heteroatoms. The molecule has 2 rings (SSSR count). The van der Waals surface area contributed by atoms with Crippen LogP contribution in [0.15, 0.2) is 18.2 Å². The van der Waals surface area contributed by atoms with Gasteiger partial charge in [-0.3, -0.25) is 0 Å². The van der Waals surface area contributed by atoms with Crippen LogP contribution in [0.2, 0.25) is 0 Å². The Morgan fingerprint density at radius 1 is 1.43 bits per heavy atom. The molecule has 0 radical (unpaired) electrons. The van der Waals surface area contributed by atoms with E-state index in [1.54, 1.807) is 12.1 Å². The molecule has 1 heterocycles. The summed E-state index contributed by atoms with van der Waals surface area (Å²) in [4.78, 5) is 0. The smallest absolute Gasteiger partial charge is 0.167 e. The standard InChI is InChI=1S/C15H21ClFNO3/c16-8-13(19)9-18-12-1-2-15(14(17)7-12)21-10-11-3-5-20-6-4-11/h1-2,7,11,13,18-19H,3-6,8-10H2. The summed E-state index contributed by atoms with van der Waals surface area (Å²) in [6.45, 7) is 2.30. The summed E-state index contributed by atoms with van der Waals surface area (Å²) in [5.74, 6) is 0.411. The first-order chi connectivity index (χ1) is 10.2. The lowest BCUT2D eigenvalue weighted by atomic mass is 10.0. The van der Waals surface area contributed by atoms with Crippen LogP contribution in [-0.4, -0.2) is 43.5 Å². The van der Waals surface area contributed by atoms with Crippen LogP contribution >= 0.6 is 11.6 Å². The highest BCUT2D eigenvalue weighted by Crippen LogP contribution is 2.23. The number of benzene rings is 1. The topological polar surface area (TPSA) is 50.7 Å². The first kappa shape index (κ1) is 16.3. The number of hydrogen-bond donors (Lipinski definition) is 2. The summed E-state index contributed by atoms with van der Waals surface area (Å²) >= 11 is 5.50. The first-order valence-corrected chi connectivity index (χ1v) is 7.70. The number of rotatable bonds is 7. The molecule has 0 aliphatic carbocycles. The Morgan fingerprint density at radius 3 is 2.86 bits per heavy atom. The Kier molecular flexibility index (Phi) is 6.54. The molecule has 1 aromatic carbocycles. The Morgan fingerprint density at radius 2 is 2.19 bits per heavy atom. The number of nitrogens with one attached hydrogen (secondary N) is 1. The second kappa shape index (κ2) is 8.41. The van der Waals surface area contributed by atoms with Crippen LogP contribution in [0.25, 0.3) is 0 Å². The van der Waals surface area contributed by atoms with E-state index >= 15 is 0 Å². The van der Waals surface area contributed by atoms with Crippen molar-refractivity contribution in [3.63, 3.8) is 0 Å². The molecule has 1 aliphatic rings. The summed E-state index contributed by atoms with van der Waals surface area (Å²) in [6, 6.07) is 4.69. The van der Waals surface area contributed by atoms with Gasteiger partial charge in [0.2, 0.25) is 0 Å². The lowest BCUT2D eigenvalue weighted by molar-refractivity contribution is 0.0492. The molecule has 1 aromatic rings. The van der Waals surface area contributed by atoms with Gasteiger partial charge in [-0.05, 0) is 30.9 Å². The molecule has 1 fully saturated rings. The maximum atomic E-state index is 13.9. The zero-order chi connectivity index (χ0) is 15.1. The van der Waals surface area contributed by atoms with E-state index in [1.807, 2.05) is 0 Å². The van der Waals surface area contributed by atoms with Gasteiger partial charge in [0, 0.05) is 31.5 Å². The van der Waals surface area contributed by atoms with Crippen molar-refractivity contribution in [1.82, 2.24) is 0 Å². The first-order valence-electron chi connectivity index (χ1n) is 7.17. The third-order valence-corrected chi connectivity index (χ3v) is 3.82. The fourth-order valence-electron chi connectivity index (χ4n) is 2.14. The third kappa shape index (κ3) is 5.34. The molecule has 0 aromatic heterocycles. The number of anilines is 1. The van der Waals surface area contributed by atoms with Crippen LogP contribution in [0.1, 0.15) is 12.8 Å². The van der Waals surface area contributed by atoms with Crippen molar-refractivity contribution >= 4 is 17.3 Å². The van der Waals surface area contributed by atoms with E-state index in [2.05, 4.69) is 5.32 Å². The van der Waals surface area contributed by atoms with Gasteiger partial charge >= 0.3 is 0 Å². The molecule has 1 unspecified atom stereocenters. The molecule has 1 aliphatic heterocycles. The van der Waals surface area contributed by atoms with E-state index in [9.17, 15) is 9.50 Å². The highest BCUT2D eigenvalue weighted by molar-refractivity contribution is 6.18. The third-order valence-electron chi connectivity index (χ3n) is 3.47. The normalized spacial score (nSPS) is 17.5. The average molecular weight is 318 g/mol. The summed E-state index contributed by atoms with van der Waals surface area (Å²) in [6.07, 6.45) is 1.26. The highest BCUT2D eigenvalue weighted by atomic mass is 35.5. The van der Waals surface area contributed by atoms with Crippen molar-refractivity contribution in [2.75, 3.05) is 37.6 Å². The van der Waals surface area contributed by atoms with Gasteiger partial charge in [-0.1, -0.05) is 0 Å². The van der Waals surface area contributed by atoms with Crippen molar-refractivity contribution in [3.8, 4) is 5.75 Å².